The molecule has 0 amide bonds. The molecule has 1 rings (SSSR count). The minimum Gasteiger partial charge on any atom is -0.489 e. The van der Waals surface area contributed by atoms with Gasteiger partial charge < -0.3 is 4.74 Å². The summed E-state index contributed by atoms with van der Waals surface area (Å²) in [6, 6.07) is 2.01. The van der Waals surface area contributed by atoms with E-state index in [2.05, 4.69) is 11.7 Å². The van der Waals surface area contributed by atoms with Crippen LogP contribution in [0.3, 0.4) is 0 Å². The summed E-state index contributed by atoms with van der Waals surface area (Å²) >= 11 is 3.92. The van der Waals surface area contributed by atoms with Crippen molar-refractivity contribution in [2.75, 3.05) is 6.61 Å². The van der Waals surface area contributed by atoms with Gasteiger partial charge in [-0.05, 0) is 12.0 Å². The molecule has 0 fully saturated rings. The summed E-state index contributed by atoms with van der Waals surface area (Å²) in [7, 11) is 0.965. The Kier molecular flexibility index (Phi) is 4.73. The lowest BCUT2D eigenvalue weighted by molar-refractivity contribution is 0.252. The Morgan fingerprint density at radius 2 is 2.07 bits per heavy atom. The summed E-state index contributed by atoms with van der Waals surface area (Å²) in [6.07, 6.45) is 0. The van der Waals surface area contributed by atoms with Gasteiger partial charge in [0.1, 0.15) is 5.82 Å². The monoisotopic (exact) mass is 250 g/mol. The first-order chi connectivity index (χ1) is 7.04. The van der Waals surface area contributed by atoms with Crippen molar-refractivity contribution in [1.82, 2.24) is 0 Å². The fourth-order valence-corrected chi connectivity index (χ4v) is 1.81. The predicted molar refractivity (Wildman–Crippen MR) is 61.5 cm³/mol. The average Bonchev–Trinajstić information content (AvgIpc) is 2.14. The molecule has 0 heterocycles. The lowest BCUT2D eigenvalue weighted by Gasteiger charge is -2.12. The molecule has 0 aliphatic carbocycles. The zero-order valence-electron chi connectivity index (χ0n) is 8.46. The number of thiol groups is 1. The molecule has 0 bridgehead atoms. The average molecular weight is 250 g/mol. The van der Waals surface area contributed by atoms with E-state index >= 15 is 0 Å². The van der Waals surface area contributed by atoms with Crippen LogP contribution >= 0.6 is 22.5 Å². The Hall–Kier alpha value is -0.420. The smallest absolute Gasteiger partial charge is 0.169 e. The number of hydrogen-bond acceptors (Lipinski definition) is 3. The van der Waals surface area contributed by atoms with Gasteiger partial charge in [-0.3, -0.25) is 0 Å². The van der Waals surface area contributed by atoms with Crippen LogP contribution in [-0.2, 0) is 0 Å². The topological polar surface area (TPSA) is 9.23 Å². The lowest BCUT2D eigenvalue weighted by atomic mass is 10.2. The van der Waals surface area contributed by atoms with Crippen LogP contribution in [0, 0.1) is 17.6 Å². The molecule has 15 heavy (non-hydrogen) atoms. The van der Waals surface area contributed by atoms with Crippen molar-refractivity contribution in [1.29, 1.82) is 0 Å². The van der Waals surface area contributed by atoms with Crippen molar-refractivity contribution >= 4 is 22.5 Å². The van der Waals surface area contributed by atoms with Crippen LogP contribution in [0.1, 0.15) is 13.8 Å². The van der Waals surface area contributed by atoms with Gasteiger partial charge in [-0.1, -0.05) is 24.6 Å². The Morgan fingerprint density at radius 1 is 1.40 bits per heavy atom. The lowest BCUT2D eigenvalue weighted by Crippen LogP contribution is -2.06. The summed E-state index contributed by atoms with van der Waals surface area (Å²) in [5, 5.41) is 0. The van der Waals surface area contributed by atoms with E-state index in [9.17, 15) is 8.78 Å². The maximum absolute atomic E-state index is 13.3. The molecule has 0 saturated heterocycles. The first kappa shape index (κ1) is 12.6. The Labute approximate surface area is 97.0 Å². The van der Waals surface area contributed by atoms with E-state index in [1.54, 1.807) is 0 Å². The van der Waals surface area contributed by atoms with Gasteiger partial charge in [0, 0.05) is 6.07 Å². The van der Waals surface area contributed by atoms with Gasteiger partial charge in [0.05, 0.1) is 11.5 Å². The van der Waals surface area contributed by atoms with E-state index in [4.69, 9.17) is 4.74 Å². The van der Waals surface area contributed by atoms with Crippen molar-refractivity contribution in [2.24, 2.45) is 5.92 Å². The molecule has 0 aromatic heterocycles. The Bertz CT molecular complexity index is 342. The second-order valence-electron chi connectivity index (χ2n) is 3.51. The minimum absolute atomic E-state index is 0.0742. The molecule has 0 unspecified atom stereocenters. The highest BCUT2D eigenvalue weighted by Crippen LogP contribution is 2.34. The van der Waals surface area contributed by atoms with Gasteiger partial charge in [-0.15, -0.1) is 11.7 Å². The van der Waals surface area contributed by atoms with Crippen LogP contribution in [-0.4, -0.2) is 6.61 Å². The highest BCUT2D eigenvalue weighted by molar-refractivity contribution is 8.68. The van der Waals surface area contributed by atoms with Gasteiger partial charge in [0.15, 0.2) is 11.6 Å². The third-order valence-corrected chi connectivity index (χ3v) is 2.72. The molecule has 0 spiro atoms. The van der Waals surface area contributed by atoms with E-state index in [1.165, 1.54) is 6.07 Å². The number of benzene rings is 1. The van der Waals surface area contributed by atoms with Gasteiger partial charge in [0.2, 0.25) is 0 Å². The molecule has 0 aliphatic heterocycles. The maximum atomic E-state index is 13.3. The van der Waals surface area contributed by atoms with Crippen LogP contribution in [0.5, 0.6) is 5.75 Å². The normalized spacial score (nSPS) is 10.8. The fourth-order valence-electron chi connectivity index (χ4n) is 0.995. The van der Waals surface area contributed by atoms with Crippen molar-refractivity contribution in [3.8, 4) is 5.75 Å². The Morgan fingerprint density at radius 3 is 2.60 bits per heavy atom. The molecule has 0 atom stereocenters. The summed E-state index contributed by atoms with van der Waals surface area (Å²) < 4.78 is 31.5. The third-order valence-electron chi connectivity index (χ3n) is 1.63. The van der Waals surface area contributed by atoms with E-state index in [0.29, 0.717) is 11.5 Å². The van der Waals surface area contributed by atoms with Gasteiger partial charge in [-0.25, -0.2) is 8.78 Å². The van der Waals surface area contributed by atoms with E-state index in [1.807, 2.05) is 13.8 Å². The number of ether oxygens (including phenoxy) is 1. The van der Waals surface area contributed by atoms with Gasteiger partial charge in [-0.2, -0.15) is 0 Å². The van der Waals surface area contributed by atoms with Crippen LogP contribution < -0.4 is 4.74 Å². The molecule has 84 valence electrons. The first-order valence-corrected chi connectivity index (χ1v) is 6.34. The summed E-state index contributed by atoms with van der Waals surface area (Å²) in [5.74, 6) is -0.953. The van der Waals surface area contributed by atoms with Gasteiger partial charge in [0.25, 0.3) is 0 Å². The van der Waals surface area contributed by atoms with Crippen LogP contribution in [0.4, 0.5) is 8.78 Å². The predicted octanol–water partition coefficient (Wildman–Crippen LogP) is 3.94. The SMILES string of the molecule is CC(C)COc1c(F)cc(F)cc1SS. The molecular weight excluding hydrogens is 238 g/mol. The van der Waals surface area contributed by atoms with Crippen LogP contribution in [0.15, 0.2) is 17.0 Å². The van der Waals surface area contributed by atoms with Crippen LogP contribution in [0.25, 0.3) is 0 Å². The molecule has 1 aromatic rings. The molecule has 1 nitrogen and oxygen atoms in total. The van der Waals surface area contributed by atoms with E-state index < -0.39 is 11.6 Å². The summed E-state index contributed by atoms with van der Waals surface area (Å²) in [6.45, 7) is 4.30. The molecule has 0 aliphatic rings. The molecule has 5 heteroatoms. The van der Waals surface area contributed by atoms with E-state index in [-0.39, 0.29) is 11.7 Å². The third kappa shape index (κ3) is 3.57. The standard InChI is InChI=1S/C10H12F2OS2/c1-6(2)5-13-10-8(12)3-7(11)4-9(10)15-14/h3-4,6,14H,5H2,1-2H3. The maximum Gasteiger partial charge on any atom is 0.169 e. The first-order valence-electron chi connectivity index (χ1n) is 4.48. The molecule has 0 N–H and O–H groups in total. The molecule has 0 radical (unpaired) electrons. The summed E-state index contributed by atoms with van der Waals surface area (Å²) in [5.41, 5.74) is 0. The number of rotatable bonds is 4. The zero-order chi connectivity index (χ0) is 11.4. The van der Waals surface area contributed by atoms with Gasteiger partial charge >= 0.3 is 0 Å². The molecular formula is C10H12F2OS2. The molecule has 1 aromatic carbocycles. The highest BCUT2D eigenvalue weighted by atomic mass is 33.1. The summed E-state index contributed by atoms with van der Waals surface area (Å²) in [4.78, 5) is 0.358. The van der Waals surface area contributed by atoms with Crippen molar-refractivity contribution < 1.29 is 13.5 Å². The zero-order valence-corrected chi connectivity index (χ0v) is 10.2. The largest absolute Gasteiger partial charge is 0.489 e. The van der Waals surface area contributed by atoms with E-state index in [0.717, 1.165) is 16.9 Å². The quantitative estimate of drug-likeness (QED) is 0.640. The highest BCUT2D eigenvalue weighted by Gasteiger charge is 2.13. The molecule has 0 saturated carbocycles. The second kappa shape index (κ2) is 5.61. The van der Waals surface area contributed by atoms with Crippen molar-refractivity contribution in [3.63, 3.8) is 0 Å². The van der Waals surface area contributed by atoms with Crippen LogP contribution in [0.2, 0.25) is 0 Å². The van der Waals surface area contributed by atoms with Crippen molar-refractivity contribution in [2.45, 2.75) is 18.7 Å². The van der Waals surface area contributed by atoms with Crippen molar-refractivity contribution in [3.05, 3.63) is 23.8 Å². The second-order valence-corrected chi connectivity index (χ2v) is 4.68. The number of hydrogen-bond donors (Lipinski definition) is 1. The fraction of sp³-hybridized carbons (Fsp3) is 0.400. The minimum atomic E-state index is -0.688. The number of halogens is 2. The Balaban J connectivity index is 2.93.